The van der Waals surface area contributed by atoms with Crippen LogP contribution in [-0.2, 0) is 9.53 Å². The molecule has 0 saturated carbocycles. The Labute approximate surface area is 131 Å². The predicted molar refractivity (Wildman–Crippen MR) is 86.4 cm³/mol. The van der Waals surface area contributed by atoms with Crippen molar-refractivity contribution in [3.63, 3.8) is 0 Å². The molecule has 0 radical (unpaired) electrons. The quantitative estimate of drug-likeness (QED) is 0.669. The molecule has 1 atom stereocenters. The highest BCUT2D eigenvalue weighted by atomic mass is 19.4. The van der Waals surface area contributed by atoms with Crippen LogP contribution in [0.4, 0.5) is 24.3 Å². The molecule has 0 spiro atoms. The monoisotopic (exact) mass is 321 g/mol. The average Bonchev–Trinajstić information content (AvgIpc) is 2.51. The van der Waals surface area contributed by atoms with E-state index in [1.54, 1.807) is 24.3 Å². The maximum Gasteiger partial charge on any atom is 0.478 e. The van der Waals surface area contributed by atoms with Crippen molar-refractivity contribution in [2.24, 2.45) is 0 Å². The smallest absolute Gasteiger partial charge is 0.469 e. The lowest BCUT2D eigenvalue weighted by atomic mass is 9.44. The first-order valence-corrected chi connectivity index (χ1v) is 7.22. The Balaban J connectivity index is 1.97. The van der Waals surface area contributed by atoms with Gasteiger partial charge in [0, 0.05) is 23.2 Å². The Kier molecular flexibility index (Phi) is 3.87. The van der Waals surface area contributed by atoms with Gasteiger partial charge in [-0.05, 0) is 23.2 Å². The number of hydrogen-bond donors (Lipinski definition) is 2. The SMILES string of the molecule is COC(=O)C[C@H](B1Nc2cccc3cccc(c23)N1)[B-](F)(F)F. The number of carbonyl (C=O) groups is 1. The fraction of sp³-hybridized carbons (Fsp3) is 0.214. The molecule has 23 heavy (non-hydrogen) atoms. The van der Waals surface area contributed by atoms with E-state index in [-0.39, 0.29) is 0 Å². The van der Waals surface area contributed by atoms with Gasteiger partial charge in [0.25, 0.3) is 0 Å². The standard InChI is InChI=1S/C14H14B2F3N2O2/c1-23-13(22)8-12(16(17,18)19)15-20-10-6-2-4-9-5-3-7-11(21-15)14(9)10/h2-7,12,20-21H,8H2,1H3/q-1/t12-/m1/s1. The van der Waals surface area contributed by atoms with Crippen LogP contribution in [0.2, 0.25) is 5.72 Å². The molecule has 120 valence electrons. The third-order valence-corrected chi connectivity index (χ3v) is 4.07. The van der Waals surface area contributed by atoms with Crippen LogP contribution in [-0.4, -0.2) is 27.0 Å². The molecular formula is C14H14B2F3N2O2-. The summed E-state index contributed by atoms with van der Waals surface area (Å²) in [4.78, 5) is 11.4. The number of hydrogen-bond acceptors (Lipinski definition) is 4. The number of rotatable bonds is 4. The number of nitrogens with one attached hydrogen (secondary N) is 2. The number of esters is 1. The van der Waals surface area contributed by atoms with Gasteiger partial charge in [0.15, 0.2) is 0 Å². The zero-order valence-corrected chi connectivity index (χ0v) is 12.4. The molecule has 0 unspecified atom stereocenters. The van der Waals surface area contributed by atoms with Gasteiger partial charge in [-0.3, -0.25) is 4.79 Å². The topological polar surface area (TPSA) is 50.4 Å². The van der Waals surface area contributed by atoms with Gasteiger partial charge in [-0.15, -0.1) is 0 Å². The summed E-state index contributed by atoms with van der Waals surface area (Å²) in [5.41, 5.74) is -0.598. The first-order valence-electron chi connectivity index (χ1n) is 7.22. The summed E-state index contributed by atoms with van der Waals surface area (Å²) in [6.07, 6.45) is -0.719. The molecule has 2 aromatic rings. The molecular weight excluding hydrogens is 307 g/mol. The molecule has 3 rings (SSSR count). The summed E-state index contributed by atoms with van der Waals surface area (Å²) < 4.78 is 44.7. The van der Waals surface area contributed by atoms with Crippen LogP contribution in [0.1, 0.15) is 6.42 Å². The molecule has 0 bridgehead atoms. The number of halogens is 3. The largest absolute Gasteiger partial charge is 0.478 e. The molecule has 0 aliphatic carbocycles. The van der Waals surface area contributed by atoms with Gasteiger partial charge in [0.2, 0.25) is 0 Å². The third kappa shape index (κ3) is 2.95. The van der Waals surface area contributed by atoms with Gasteiger partial charge in [0.05, 0.1) is 7.11 Å². The highest BCUT2D eigenvalue weighted by molar-refractivity contribution is 6.84. The van der Waals surface area contributed by atoms with E-state index in [4.69, 9.17) is 0 Å². The highest BCUT2D eigenvalue weighted by Gasteiger charge is 2.45. The zero-order chi connectivity index (χ0) is 16.6. The number of anilines is 2. The predicted octanol–water partition coefficient (Wildman–Crippen LogP) is 3.49. The maximum absolute atomic E-state index is 13.4. The Morgan fingerprint density at radius 1 is 1.17 bits per heavy atom. The Morgan fingerprint density at radius 2 is 1.74 bits per heavy atom. The van der Waals surface area contributed by atoms with Gasteiger partial charge in [-0.2, -0.15) is 0 Å². The summed E-state index contributed by atoms with van der Waals surface area (Å²) in [5, 5.41) is 7.52. The molecule has 0 amide bonds. The minimum Gasteiger partial charge on any atom is -0.469 e. The van der Waals surface area contributed by atoms with E-state index in [9.17, 15) is 17.7 Å². The van der Waals surface area contributed by atoms with Gasteiger partial charge in [-0.1, -0.05) is 24.3 Å². The van der Waals surface area contributed by atoms with Crippen LogP contribution in [0, 0.1) is 0 Å². The summed E-state index contributed by atoms with van der Waals surface area (Å²) in [7, 11) is 1.08. The first-order chi connectivity index (χ1) is 10.9. The summed E-state index contributed by atoms with van der Waals surface area (Å²) in [6, 6.07) is 10.8. The molecule has 0 aromatic heterocycles. The lowest BCUT2D eigenvalue weighted by Gasteiger charge is -2.35. The van der Waals surface area contributed by atoms with Gasteiger partial charge in [0.1, 0.15) is 0 Å². The Bertz CT molecular complexity index is 714. The van der Waals surface area contributed by atoms with Crippen molar-refractivity contribution < 1.29 is 22.5 Å². The van der Waals surface area contributed by atoms with Crippen LogP contribution >= 0.6 is 0 Å². The summed E-state index contributed by atoms with van der Waals surface area (Å²) in [6.45, 7) is -6.35. The normalized spacial score (nSPS) is 14.9. The Morgan fingerprint density at radius 3 is 2.22 bits per heavy atom. The number of methoxy groups -OCH3 is 1. The molecule has 4 nitrogen and oxygen atoms in total. The second-order valence-corrected chi connectivity index (χ2v) is 5.55. The van der Waals surface area contributed by atoms with Crippen molar-refractivity contribution in [1.82, 2.24) is 0 Å². The fourth-order valence-corrected chi connectivity index (χ4v) is 2.91. The second-order valence-electron chi connectivity index (χ2n) is 5.55. The molecule has 1 aliphatic rings. The van der Waals surface area contributed by atoms with Crippen LogP contribution in [0.5, 0.6) is 0 Å². The van der Waals surface area contributed by atoms with E-state index in [0.29, 0.717) is 11.4 Å². The van der Waals surface area contributed by atoms with E-state index in [2.05, 4.69) is 15.2 Å². The third-order valence-electron chi connectivity index (χ3n) is 4.07. The molecule has 2 N–H and O–H groups in total. The van der Waals surface area contributed by atoms with E-state index < -0.39 is 32.1 Å². The molecule has 9 heteroatoms. The fourth-order valence-electron chi connectivity index (χ4n) is 2.91. The molecule has 1 aliphatic heterocycles. The van der Waals surface area contributed by atoms with E-state index in [1.165, 1.54) is 0 Å². The average molecular weight is 321 g/mol. The highest BCUT2D eigenvalue weighted by Crippen LogP contribution is 2.39. The molecule has 2 aromatic carbocycles. The van der Waals surface area contributed by atoms with Crippen LogP contribution < -0.4 is 10.5 Å². The van der Waals surface area contributed by atoms with E-state index in [1.807, 2.05) is 12.1 Å². The Hall–Kier alpha value is -2.31. The zero-order valence-electron chi connectivity index (χ0n) is 12.4. The van der Waals surface area contributed by atoms with Gasteiger partial charge >= 0.3 is 19.9 Å². The maximum atomic E-state index is 13.4. The molecule has 1 heterocycles. The van der Waals surface area contributed by atoms with Crippen molar-refractivity contribution in [1.29, 1.82) is 0 Å². The van der Waals surface area contributed by atoms with Crippen LogP contribution in [0.3, 0.4) is 0 Å². The van der Waals surface area contributed by atoms with E-state index in [0.717, 1.165) is 17.9 Å². The lowest BCUT2D eigenvalue weighted by Crippen LogP contribution is -2.49. The lowest BCUT2D eigenvalue weighted by molar-refractivity contribution is -0.140. The van der Waals surface area contributed by atoms with E-state index >= 15 is 0 Å². The number of ether oxygens (including phenoxy) is 1. The van der Waals surface area contributed by atoms with Crippen molar-refractivity contribution in [3.05, 3.63) is 36.4 Å². The van der Waals surface area contributed by atoms with Crippen molar-refractivity contribution in [2.45, 2.75) is 12.1 Å². The second kappa shape index (κ2) is 5.72. The summed E-state index contributed by atoms with van der Waals surface area (Å²) >= 11 is 0. The van der Waals surface area contributed by atoms with Crippen LogP contribution in [0.15, 0.2) is 36.4 Å². The molecule has 0 saturated heterocycles. The summed E-state index contributed by atoms with van der Waals surface area (Å²) in [5.74, 6) is -0.880. The minimum atomic E-state index is -5.24. The molecule has 0 fully saturated rings. The van der Waals surface area contributed by atoms with Crippen LogP contribution in [0.25, 0.3) is 10.8 Å². The van der Waals surface area contributed by atoms with Gasteiger partial charge < -0.3 is 28.1 Å². The first kappa shape index (κ1) is 15.6. The minimum absolute atomic E-state index is 0.622. The van der Waals surface area contributed by atoms with Crippen molar-refractivity contribution >= 4 is 42.1 Å². The number of benzene rings is 2. The van der Waals surface area contributed by atoms with Gasteiger partial charge in [-0.25, -0.2) is 0 Å². The van der Waals surface area contributed by atoms with Crippen molar-refractivity contribution in [2.75, 3.05) is 17.6 Å². The van der Waals surface area contributed by atoms with Crippen molar-refractivity contribution in [3.8, 4) is 0 Å². The number of carbonyl (C=O) groups excluding carboxylic acids is 1.